The Morgan fingerprint density at radius 1 is 1.30 bits per heavy atom. The average Bonchev–Trinajstić information content (AvgIpc) is 3.22. The number of methoxy groups -OCH3 is 2. The summed E-state index contributed by atoms with van der Waals surface area (Å²) in [6.45, 7) is 10.5. The highest BCUT2D eigenvalue weighted by molar-refractivity contribution is 6.39. The van der Waals surface area contributed by atoms with Crippen LogP contribution in [0.2, 0.25) is 0 Å². The van der Waals surface area contributed by atoms with E-state index in [1.165, 1.54) is 19.4 Å². The van der Waals surface area contributed by atoms with Gasteiger partial charge in [0.1, 0.15) is 6.10 Å². The number of rotatable bonds is 14. The lowest BCUT2D eigenvalue weighted by Gasteiger charge is -2.36. The number of piperidine rings is 1. The third-order valence-electron chi connectivity index (χ3n) is 7.30. The van der Waals surface area contributed by atoms with Crippen molar-refractivity contribution in [3.05, 3.63) is 41.8 Å². The van der Waals surface area contributed by atoms with Crippen molar-refractivity contribution in [3.8, 4) is 5.88 Å². The lowest BCUT2D eigenvalue weighted by atomic mass is 9.97. The minimum Gasteiger partial charge on any atom is -0.481 e. The quantitative estimate of drug-likeness (QED) is 0.195. The number of nitrogens with zero attached hydrogens (tertiary/aromatic N) is 4. The molecule has 0 aliphatic carbocycles. The molecule has 1 aromatic heterocycles. The van der Waals surface area contributed by atoms with Gasteiger partial charge in [0.2, 0.25) is 5.88 Å². The Morgan fingerprint density at radius 2 is 2.08 bits per heavy atom. The smallest absolute Gasteiger partial charge is 0.305 e. The molecule has 40 heavy (non-hydrogen) atoms. The normalized spacial score (nSPS) is 25.4. The van der Waals surface area contributed by atoms with Crippen molar-refractivity contribution >= 4 is 29.5 Å². The maximum absolute atomic E-state index is 15.2. The molecular weight excluding hydrogens is 543 g/mol. The van der Waals surface area contributed by atoms with Crippen molar-refractivity contribution < 1.29 is 33.2 Å². The van der Waals surface area contributed by atoms with Crippen LogP contribution in [0.25, 0.3) is 0 Å². The molecule has 0 saturated carbocycles. The molecule has 0 aromatic carbocycles. The Labute approximate surface area is 240 Å². The monoisotopic (exact) mass is 582 g/mol. The summed E-state index contributed by atoms with van der Waals surface area (Å²) in [5.74, 6) is -1.29. The molecule has 5 unspecified atom stereocenters. The molecule has 0 amide bonds. The highest BCUT2D eigenvalue weighted by atomic mass is 35.5. The van der Waals surface area contributed by atoms with Gasteiger partial charge in [-0.2, -0.15) is 0 Å². The molecule has 0 radical (unpaired) electrons. The maximum atomic E-state index is 15.2. The number of hydrogen-bond acceptors (Lipinski definition) is 9. The number of carboxylic acids is 1. The number of halogens is 2. The van der Waals surface area contributed by atoms with Gasteiger partial charge in [0.25, 0.3) is 5.88 Å². The van der Waals surface area contributed by atoms with E-state index in [1.54, 1.807) is 19.5 Å². The standard InChI is InChI=1S/C28H40ClFN4O6/c1-18-15-33(16-21(29)13-31-20(3)38-5)8-7-25(18)40-28-23(30)11-22(14-32-28)34-17-26(39-10-6-9-37-4)19(2)24(34)12-27(35)36/h11,13-14,16,18-19,24-26H,3,6-10,12,15,17H2,1-2,4-5H3,(H,35,36). The first kappa shape index (κ1) is 31.6. The number of aromatic nitrogens is 1. The van der Waals surface area contributed by atoms with Crippen molar-refractivity contribution in [3.63, 3.8) is 0 Å². The fourth-order valence-corrected chi connectivity index (χ4v) is 5.27. The number of hydrogen-bond donors (Lipinski definition) is 1. The van der Waals surface area contributed by atoms with Gasteiger partial charge < -0.3 is 33.9 Å². The van der Waals surface area contributed by atoms with Gasteiger partial charge in [-0.1, -0.05) is 25.4 Å². The fraction of sp³-hybridized carbons (Fsp3) is 0.607. The molecule has 2 fully saturated rings. The fourth-order valence-electron chi connectivity index (χ4n) is 5.09. The maximum Gasteiger partial charge on any atom is 0.305 e. The van der Waals surface area contributed by atoms with Crippen LogP contribution in [0.3, 0.4) is 0 Å². The predicted octanol–water partition coefficient (Wildman–Crippen LogP) is 4.30. The first-order valence-electron chi connectivity index (χ1n) is 13.4. The van der Waals surface area contributed by atoms with Crippen LogP contribution in [0, 0.1) is 17.7 Å². The van der Waals surface area contributed by atoms with Crippen LogP contribution in [0.1, 0.15) is 33.1 Å². The number of ether oxygens (including phenoxy) is 4. The van der Waals surface area contributed by atoms with Crippen molar-refractivity contribution in [2.75, 3.05) is 52.0 Å². The predicted molar refractivity (Wildman–Crippen MR) is 151 cm³/mol. The SMILES string of the molecule is C=C(N=CC(Cl)=CN1CCC(Oc2ncc(N3CC(OCCCOC)C(C)C3CC(=O)O)cc2F)C(C)C1)OC. The van der Waals surface area contributed by atoms with E-state index in [9.17, 15) is 9.90 Å². The van der Waals surface area contributed by atoms with Gasteiger partial charge in [0.05, 0.1) is 42.8 Å². The van der Waals surface area contributed by atoms with E-state index in [2.05, 4.69) is 21.5 Å². The summed E-state index contributed by atoms with van der Waals surface area (Å²) in [7, 11) is 3.12. The average molecular weight is 583 g/mol. The van der Waals surface area contributed by atoms with E-state index in [4.69, 9.17) is 30.5 Å². The van der Waals surface area contributed by atoms with Crippen molar-refractivity contribution in [2.24, 2.45) is 16.8 Å². The molecule has 222 valence electrons. The van der Waals surface area contributed by atoms with Crippen molar-refractivity contribution in [2.45, 2.75) is 51.4 Å². The van der Waals surface area contributed by atoms with Gasteiger partial charge in [0, 0.05) is 76.5 Å². The van der Waals surface area contributed by atoms with Crippen molar-refractivity contribution in [1.29, 1.82) is 0 Å². The molecule has 10 nitrogen and oxygen atoms in total. The van der Waals surface area contributed by atoms with Gasteiger partial charge >= 0.3 is 5.97 Å². The Balaban J connectivity index is 1.63. The molecule has 5 atom stereocenters. The zero-order chi connectivity index (χ0) is 29.2. The molecule has 2 aliphatic heterocycles. The molecule has 3 rings (SSSR count). The number of carboxylic acid groups (broad SMARTS) is 1. The summed E-state index contributed by atoms with van der Waals surface area (Å²) in [5.41, 5.74) is 0.506. The highest BCUT2D eigenvalue weighted by Crippen LogP contribution is 2.35. The number of anilines is 1. The zero-order valence-corrected chi connectivity index (χ0v) is 24.3. The zero-order valence-electron chi connectivity index (χ0n) is 23.6. The lowest BCUT2D eigenvalue weighted by molar-refractivity contribution is -0.137. The summed E-state index contributed by atoms with van der Waals surface area (Å²) >= 11 is 6.25. The Kier molecular flexibility index (Phi) is 12.0. The second-order valence-corrected chi connectivity index (χ2v) is 10.6. The number of aliphatic imine (C=N–C) groups is 1. The Bertz CT molecular complexity index is 1070. The number of likely N-dealkylation sites (tertiary alicyclic amines) is 1. The second-order valence-electron chi connectivity index (χ2n) is 10.2. The summed E-state index contributed by atoms with van der Waals surface area (Å²) in [5, 5.41) is 9.94. The summed E-state index contributed by atoms with van der Waals surface area (Å²) in [4.78, 5) is 23.8. The summed E-state index contributed by atoms with van der Waals surface area (Å²) < 4.78 is 37.2. The van der Waals surface area contributed by atoms with Crippen LogP contribution in [-0.2, 0) is 19.0 Å². The minimum absolute atomic E-state index is 0.0590. The van der Waals surface area contributed by atoms with Crippen LogP contribution < -0.4 is 9.64 Å². The number of allylic oxidation sites excluding steroid dienone is 1. The van der Waals surface area contributed by atoms with E-state index in [-0.39, 0.29) is 48.3 Å². The van der Waals surface area contributed by atoms with E-state index < -0.39 is 11.8 Å². The molecule has 2 aliphatic rings. The minimum atomic E-state index is -0.917. The van der Waals surface area contributed by atoms with Gasteiger partial charge in [-0.05, 0) is 13.0 Å². The Morgan fingerprint density at radius 3 is 2.73 bits per heavy atom. The number of aliphatic carboxylic acids is 1. The topological polar surface area (TPSA) is 106 Å². The van der Waals surface area contributed by atoms with E-state index in [0.29, 0.717) is 50.0 Å². The van der Waals surface area contributed by atoms with Gasteiger partial charge in [-0.15, -0.1) is 0 Å². The third-order valence-corrected chi connectivity index (χ3v) is 7.49. The molecular formula is C28H40ClFN4O6. The second kappa shape index (κ2) is 15.2. The van der Waals surface area contributed by atoms with Gasteiger partial charge in [0.15, 0.2) is 5.82 Å². The van der Waals surface area contributed by atoms with E-state index in [0.717, 1.165) is 6.42 Å². The third kappa shape index (κ3) is 8.81. The van der Waals surface area contributed by atoms with E-state index >= 15 is 4.39 Å². The van der Waals surface area contributed by atoms with Crippen LogP contribution in [0.5, 0.6) is 5.88 Å². The summed E-state index contributed by atoms with van der Waals surface area (Å²) in [6, 6.07) is 1.02. The largest absolute Gasteiger partial charge is 0.481 e. The van der Waals surface area contributed by atoms with Crippen molar-refractivity contribution in [1.82, 2.24) is 9.88 Å². The van der Waals surface area contributed by atoms with Crippen LogP contribution in [0.15, 0.2) is 40.9 Å². The number of pyridine rings is 1. The lowest BCUT2D eigenvalue weighted by Crippen LogP contribution is -2.42. The Hall–Kier alpha value is -2.89. The molecule has 12 heteroatoms. The molecule has 3 heterocycles. The molecule has 0 bridgehead atoms. The van der Waals surface area contributed by atoms with Crippen LogP contribution in [0.4, 0.5) is 10.1 Å². The van der Waals surface area contributed by atoms with Gasteiger partial charge in [-0.25, -0.2) is 14.4 Å². The molecule has 1 aromatic rings. The van der Waals surface area contributed by atoms with Crippen LogP contribution in [-0.4, -0.2) is 92.5 Å². The molecule has 1 N–H and O–H groups in total. The van der Waals surface area contributed by atoms with Crippen LogP contribution >= 0.6 is 11.6 Å². The highest BCUT2D eigenvalue weighted by Gasteiger charge is 2.41. The number of carbonyl (C=O) groups is 1. The molecule has 2 saturated heterocycles. The van der Waals surface area contributed by atoms with E-state index in [1.807, 2.05) is 18.7 Å². The van der Waals surface area contributed by atoms with Gasteiger partial charge in [-0.3, -0.25) is 4.79 Å². The summed E-state index contributed by atoms with van der Waals surface area (Å²) in [6.07, 6.45) is 5.72. The first-order valence-corrected chi connectivity index (χ1v) is 13.8. The molecule has 0 spiro atoms. The first-order chi connectivity index (χ1) is 19.1.